The molecular formula is C22H24BrClN2O4. The van der Waals surface area contributed by atoms with Crippen LogP contribution >= 0.6 is 27.5 Å². The van der Waals surface area contributed by atoms with Crippen LogP contribution < -0.4 is 14.8 Å². The SMILES string of the molecule is CCCOc1c(Cl)cc(/C=C/C(=O)N(C)CC(=O)Nc2ccccc2Br)cc1OC. The van der Waals surface area contributed by atoms with E-state index in [1.165, 1.54) is 18.1 Å². The van der Waals surface area contributed by atoms with Crippen molar-refractivity contribution in [2.75, 3.05) is 32.6 Å². The van der Waals surface area contributed by atoms with Crippen molar-refractivity contribution in [3.63, 3.8) is 0 Å². The normalized spacial score (nSPS) is 10.7. The number of hydrogen-bond acceptors (Lipinski definition) is 4. The summed E-state index contributed by atoms with van der Waals surface area (Å²) in [5.74, 6) is 0.349. The molecule has 0 aliphatic rings. The molecule has 8 heteroatoms. The molecule has 0 aliphatic carbocycles. The van der Waals surface area contributed by atoms with Gasteiger partial charge in [-0.15, -0.1) is 0 Å². The van der Waals surface area contributed by atoms with Crippen LogP contribution in [0.1, 0.15) is 18.9 Å². The minimum atomic E-state index is -0.321. The van der Waals surface area contributed by atoms with Crippen molar-refractivity contribution in [3.05, 3.63) is 57.5 Å². The summed E-state index contributed by atoms with van der Waals surface area (Å²) >= 11 is 9.67. The maximum Gasteiger partial charge on any atom is 0.246 e. The van der Waals surface area contributed by atoms with Crippen molar-refractivity contribution < 1.29 is 19.1 Å². The van der Waals surface area contributed by atoms with Gasteiger partial charge in [0, 0.05) is 17.6 Å². The fourth-order valence-corrected chi connectivity index (χ4v) is 3.18. The topological polar surface area (TPSA) is 67.9 Å². The van der Waals surface area contributed by atoms with Gasteiger partial charge in [0.05, 0.1) is 31.0 Å². The smallest absolute Gasteiger partial charge is 0.246 e. The highest BCUT2D eigenvalue weighted by Crippen LogP contribution is 2.36. The van der Waals surface area contributed by atoms with Gasteiger partial charge in [-0.2, -0.15) is 0 Å². The number of methoxy groups -OCH3 is 1. The Morgan fingerprint density at radius 2 is 2.00 bits per heavy atom. The van der Waals surface area contributed by atoms with Crippen LogP contribution in [0.5, 0.6) is 11.5 Å². The second kappa shape index (κ2) is 11.6. The summed E-state index contributed by atoms with van der Waals surface area (Å²) in [6, 6.07) is 10.7. The molecule has 30 heavy (non-hydrogen) atoms. The number of amides is 2. The van der Waals surface area contributed by atoms with Crippen LogP contribution in [-0.4, -0.2) is 44.0 Å². The first-order valence-corrected chi connectivity index (χ1v) is 10.5. The Kier molecular flexibility index (Phi) is 9.20. The number of hydrogen-bond donors (Lipinski definition) is 1. The summed E-state index contributed by atoms with van der Waals surface area (Å²) in [5, 5.41) is 3.16. The van der Waals surface area contributed by atoms with Gasteiger partial charge in [-0.1, -0.05) is 30.7 Å². The molecule has 160 valence electrons. The summed E-state index contributed by atoms with van der Waals surface area (Å²) < 4.78 is 11.7. The number of ether oxygens (including phenoxy) is 2. The van der Waals surface area contributed by atoms with Gasteiger partial charge >= 0.3 is 0 Å². The van der Waals surface area contributed by atoms with Crippen LogP contribution in [0.25, 0.3) is 6.08 Å². The summed E-state index contributed by atoms with van der Waals surface area (Å²) in [6.45, 7) is 2.44. The Labute approximate surface area is 189 Å². The average molecular weight is 496 g/mol. The number of nitrogens with one attached hydrogen (secondary N) is 1. The van der Waals surface area contributed by atoms with Crippen LogP contribution in [0.15, 0.2) is 46.9 Å². The van der Waals surface area contributed by atoms with Crippen LogP contribution in [0.3, 0.4) is 0 Å². The van der Waals surface area contributed by atoms with Gasteiger partial charge in [0.1, 0.15) is 0 Å². The minimum Gasteiger partial charge on any atom is -0.493 e. The molecule has 0 radical (unpaired) electrons. The summed E-state index contributed by atoms with van der Waals surface area (Å²) in [4.78, 5) is 25.9. The first kappa shape index (κ1) is 23.8. The molecule has 0 saturated heterocycles. The van der Waals surface area contributed by atoms with Crippen molar-refractivity contribution in [2.45, 2.75) is 13.3 Å². The molecular weight excluding hydrogens is 472 g/mol. The van der Waals surface area contributed by atoms with Crippen molar-refractivity contribution >= 4 is 51.1 Å². The van der Waals surface area contributed by atoms with Gasteiger partial charge in [-0.05, 0) is 58.3 Å². The Hall–Kier alpha value is -2.51. The fraction of sp³-hybridized carbons (Fsp3) is 0.273. The van der Waals surface area contributed by atoms with Gasteiger partial charge in [0.15, 0.2) is 11.5 Å². The molecule has 2 aromatic carbocycles. The molecule has 2 aromatic rings. The molecule has 2 amide bonds. The zero-order valence-corrected chi connectivity index (χ0v) is 19.4. The molecule has 0 heterocycles. The quantitative estimate of drug-likeness (QED) is 0.497. The number of nitrogens with zero attached hydrogens (tertiary/aromatic N) is 1. The minimum absolute atomic E-state index is 0.0849. The van der Waals surface area contributed by atoms with E-state index in [4.69, 9.17) is 21.1 Å². The van der Waals surface area contributed by atoms with Gasteiger partial charge in [-0.3, -0.25) is 9.59 Å². The maximum absolute atomic E-state index is 12.4. The van der Waals surface area contributed by atoms with E-state index < -0.39 is 0 Å². The van der Waals surface area contributed by atoms with E-state index in [-0.39, 0.29) is 18.4 Å². The van der Waals surface area contributed by atoms with Crippen molar-refractivity contribution in [2.24, 2.45) is 0 Å². The molecule has 1 N–H and O–H groups in total. The molecule has 0 atom stereocenters. The molecule has 0 saturated carbocycles. The zero-order valence-electron chi connectivity index (χ0n) is 17.1. The van der Waals surface area contributed by atoms with Gasteiger partial charge < -0.3 is 19.7 Å². The molecule has 6 nitrogen and oxygen atoms in total. The number of halogens is 2. The van der Waals surface area contributed by atoms with Crippen molar-refractivity contribution in [1.82, 2.24) is 4.90 Å². The average Bonchev–Trinajstić information content (AvgIpc) is 2.72. The van der Waals surface area contributed by atoms with E-state index in [1.54, 1.807) is 31.3 Å². The van der Waals surface area contributed by atoms with Crippen LogP contribution in [-0.2, 0) is 9.59 Å². The van der Waals surface area contributed by atoms with Crippen molar-refractivity contribution in [3.8, 4) is 11.5 Å². The van der Waals surface area contributed by atoms with Gasteiger partial charge in [-0.25, -0.2) is 0 Å². The standard InChI is InChI=1S/C22H24BrClN2O4/c1-4-11-30-22-17(24)12-15(13-19(22)29-3)9-10-21(28)26(2)14-20(27)25-18-8-6-5-7-16(18)23/h5-10,12-13H,4,11,14H2,1-3H3,(H,25,27)/b10-9+. The number of benzene rings is 2. The zero-order chi connectivity index (χ0) is 22.1. The lowest BCUT2D eigenvalue weighted by Crippen LogP contribution is -2.33. The Bertz CT molecular complexity index is 933. The van der Waals surface area contributed by atoms with E-state index in [0.29, 0.717) is 34.4 Å². The van der Waals surface area contributed by atoms with Crippen LogP contribution in [0.2, 0.25) is 5.02 Å². The number of carbonyl (C=O) groups is 2. The molecule has 0 fully saturated rings. The number of carbonyl (C=O) groups excluding carboxylic acids is 2. The highest BCUT2D eigenvalue weighted by Gasteiger charge is 2.13. The lowest BCUT2D eigenvalue weighted by atomic mass is 10.2. The molecule has 0 aliphatic heterocycles. The first-order chi connectivity index (χ1) is 14.3. The van der Waals surface area contributed by atoms with Crippen molar-refractivity contribution in [1.29, 1.82) is 0 Å². The van der Waals surface area contributed by atoms with Crippen LogP contribution in [0, 0.1) is 0 Å². The second-order valence-electron chi connectivity index (χ2n) is 6.44. The third kappa shape index (κ3) is 6.78. The largest absolute Gasteiger partial charge is 0.493 e. The highest BCUT2D eigenvalue weighted by molar-refractivity contribution is 9.10. The Morgan fingerprint density at radius 1 is 1.27 bits per heavy atom. The molecule has 0 spiro atoms. The third-order valence-corrected chi connectivity index (χ3v) is 5.00. The molecule has 0 unspecified atom stereocenters. The number of rotatable bonds is 9. The predicted octanol–water partition coefficient (Wildman–Crippen LogP) is 5.01. The Morgan fingerprint density at radius 3 is 2.67 bits per heavy atom. The number of anilines is 1. The molecule has 0 aromatic heterocycles. The summed E-state index contributed by atoms with van der Waals surface area (Å²) in [7, 11) is 3.09. The maximum atomic E-state index is 12.4. The second-order valence-corrected chi connectivity index (χ2v) is 7.70. The van der Waals surface area contributed by atoms with E-state index >= 15 is 0 Å². The summed E-state index contributed by atoms with van der Waals surface area (Å²) in [5.41, 5.74) is 1.33. The first-order valence-electron chi connectivity index (χ1n) is 9.33. The monoisotopic (exact) mass is 494 g/mol. The molecule has 2 rings (SSSR count). The fourth-order valence-electron chi connectivity index (χ4n) is 2.52. The van der Waals surface area contributed by atoms with Crippen LogP contribution in [0.4, 0.5) is 5.69 Å². The summed E-state index contributed by atoms with van der Waals surface area (Å²) in [6.07, 6.45) is 3.84. The van der Waals surface area contributed by atoms with Gasteiger partial charge in [0.25, 0.3) is 0 Å². The third-order valence-electron chi connectivity index (χ3n) is 4.03. The van der Waals surface area contributed by atoms with Gasteiger partial charge in [0.2, 0.25) is 11.8 Å². The lowest BCUT2D eigenvalue weighted by Gasteiger charge is -2.15. The van der Waals surface area contributed by atoms with E-state index in [1.807, 2.05) is 25.1 Å². The highest BCUT2D eigenvalue weighted by atomic mass is 79.9. The molecule has 0 bridgehead atoms. The predicted molar refractivity (Wildman–Crippen MR) is 123 cm³/mol. The van der Waals surface area contributed by atoms with E-state index in [9.17, 15) is 9.59 Å². The van der Waals surface area contributed by atoms with E-state index in [2.05, 4.69) is 21.2 Å². The number of para-hydroxylation sites is 1. The lowest BCUT2D eigenvalue weighted by molar-refractivity contribution is -0.129. The number of likely N-dealkylation sites (N-methyl/N-ethyl adjacent to an activating group) is 1. The van der Waals surface area contributed by atoms with E-state index in [0.717, 1.165) is 10.9 Å². The Balaban J connectivity index is 2.01.